The number of amides is 1. The van der Waals surface area contributed by atoms with Gasteiger partial charge in [0.25, 0.3) is 5.91 Å². The molecule has 0 radical (unpaired) electrons. The van der Waals surface area contributed by atoms with Crippen molar-refractivity contribution in [2.75, 3.05) is 46.4 Å². The Balaban J connectivity index is 1.67. The normalized spacial score (nSPS) is 16.0. The quantitative estimate of drug-likeness (QED) is 0.813. The van der Waals surface area contributed by atoms with Gasteiger partial charge in [0.05, 0.1) is 6.61 Å². The molecule has 1 aliphatic heterocycles. The summed E-state index contributed by atoms with van der Waals surface area (Å²) in [5.41, 5.74) is 0.627. The largest absolute Gasteiger partial charge is 0.383 e. The van der Waals surface area contributed by atoms with Crippen molar-refractivity contribution in [3.63, 3.8) is 0 Å². The van der Waals surface area contributed by atoms with Crippen LogP contribution in [-0.2, 0) is 4.74 Å². The second-order valence-corrected chi connectivity index (χ2v) is 5.99. The number of hydrogen-bond donors (Lipinski definition) is 0. The van der Waals surface area contributed by atoms with Crippen molar-refractivity contribution in [1.82, 2.24) is 24.6 Å². The Labute approximate surface area is 146 Å². The molecule has 2 heterocycles. The molecule has 0 unspecified atom stereocenters. The molecule has 8 heteroatoms. The summed E-state index contributed by atoms with van der Waals surface area (Å²) in [5, 5.41) is 3.91. The standard InChI is InChI=1S/C17H22FN5O2/c1-25-10-9-21-5-2-6-22(8-7-21)17(24)14-3-4-16(15(18)11-14)23-13-19-12-20-23/h3-4,11-13H,2,5-10H2,1H3. The lowest BCUT2D eigenvalue weighted by molar-refractivity contribution is 0.0758. The molecule has 7 nitrogen and oxygen atoms in total. The van der Waals surface area contributed by atoms with Gasteiger partial charge in [-0.3, -0.25) is 9.69 Å². The third kappa shape index (κ3) is 4.21. The van der Waals surface area contributed by atoms with Gasteiger partial charge in [0.15, 0.2) is 0 Å². The van der Waals surface area contributed by atoms with Crippen LogP contribution in [0.1, 0.15) is 16.8 Å². The van der Waals surface area contributed by atoms with Crippen LogP contribution in [0.2, 0.25) is 0 Å². The van der Waals surface area contributed by atoms with E-state index in [0.717, 1.165) is 26.1 Å². The molecule has 0 spiro atoms. The molecular formula is C17H22FN5O2. The number of benzene rings is 1. The topological polar surface area (TPSA) is 63.5 Å². The molecule has 0 aliphatic carbocycles. The number of ether oxygens (including phenoxy) is 1. The highest BCUT2D eigenvalue weighted by molar-refractivity contribution is 5.94. The van der Waals surface area contributed by atoms with Gasteiger partial charge in [-0.25, -0.2) is 14.1 Å². The first-order valence-electron chi connectivity index (χ1n) is 8.34. The van der Waals surface area contributed by atoms with Crippen LogP contribution in [0.4, 0.5) is 4.39 Å². The van der Waals surface area contributed by atoms with E-state index in [-0.39, 0.29) is 11.6 Å². The molecule has 1 aromatic carbocycles. The fourth-order valence-corrected chi connectivity index (χ4v) is 2.96. The summed E-state index contributed by atoms with van der Waals surface area (Å²) in [5.74, 6) is -0.634. The number of carbonyl (C=O) groups is 1. The van der Waals surface area contributed by atoms with Gasteiger partial charge < -0.3 is 9.64 Å². The summed E-state index contributed by atoms with van der Waals surface area (Å²) in [6.07, 6.45) is 3.66. The molecule has 0 saturated carbocycles. The van der Waals surface area contributed by atoms with Crippen LogP contribution in [0, 0.1) is 5.82 Å². The average Bonchev–Trinajstić information content (AvgIpc) is 3.05. The maximum Gasteiger partial charge on any atom is 0.254 e. The molecule has 1 aliphatic rings. The molecule has 2 aromatic rings. The van der Waals surface area contributed by atoms with Crippen LogP contribution in [0.25, 0.3) is 5.69 Å². The first-order valence-corrected chi connectivity index (χ1v) is 8.34. The zero-order valence-electron chi connectivity index (χ0n) is 14.3. The summed E-state index contributed by atoms with van der Waals surface area (Å²) in [6, 6.07) is 4.46. The number of rotatable bonds is 5. The van der Waals surface area contributed by atoms with Crippen LogP contribution in [-0.4, -0.2) is 76.9 Å². The molecule has 0 atom stereocenters. The average molecular weight is 347 g/mol. The van der Waals surface area contributed by atoms with Crippen molar-refractivity contribution in [1.29, 1.82) is 0 Å². The SMILES string of the molecule is COCCN1CCCN(C(=O)c2ccc(-n3cncn3)c(F)c2)CC1. The lowest BCUT2D eigenvalue weighted by atomic mass is 10.1. The van der Waals surface area contributed by atoms with E-state index in [9.17, 15) is 9.18 Å². The number of halogens is 1. The number of carbonyl (C=O) groups excluding carboxylic acids is 1. The van der Waals surface area contributed by atoms with E-state index in [2.05, 4.69) is 15.0 Å². The van der Waals surface area contributed by atoms with E-state index in [1.54, 1.807) is 24.1 Å². The number of nitrogens with zero attached hydrogens (tertiary/aromatic N) is 5. The van der Waals surface area contributed by atoms with Gasteiger partial charge in [-0.2, -0.15) is 5.10 Å². The van der Waals surface area contributed by atoms with Crippen LogP contribution >= 0.6 is 0 Å². The summed E-state index contributed by atoms with van der Waals surface area (Å²) < 4.78 is 20.8. The number of hydrogen-bond acceptors (Lipinski definition) is 5. The van der Waals surface area contributed by atoms with Crippen LogP contribution in [0.5, 0.6) is 0 Å². The van der Waals surface area contributed by atoms with Gasteiger partial charge in [0.1, 0.15) is 24.2 Å². The predicted molar refractivity (Wildman–Crippen MR) is 90.2 cm³/mol. The van der Waals surface area contributed by atoms with Crippen molar-refractivity contribution >= 4 is 5.91 Å². The maximum atomic E-state index is 14.3. The van der Waals surface area contributed by atoms with Gasteiger partial charge in [0.2, 0.25) is 0 Å². The fourth-order valence-electron chi connectivity index (χ4n) is 2.96. The number of methoxy groups -OCH3 is 1. The van der Waals surface area contributed by atoms with Crippen molar-refractivity contribution in [3.05, 3.63) is 42.2 Å². The molecule has 3 rings (SSSR count). The number of aromatic nitrogens is 3. The Morgan fingerprint density at radius 1 is 1.28 bits per heavy atom. The van der Waals surface area contributed by atoms with Gasteiger partial charge in [-0.15, -0.1) is 0 Å². The van der Waals surface area contributed by atoms with Crippen molar-refractivity contribution < 1.29 is 13.9 Å². The Morgan fingerprint density at radius 2 is 2.16 bits per heavy atom. The molecule has 1 fully saturated rings. The van der Waals surface area contributed by atoms with E-state index in [4.69, 9.17) is 4.74 Å². The Kier molecular flexibility index (Phi) is 5.72. The molecular weight excluding hydrogens is 325 g/mol. The predicted octanol–water partition coefficient (Wildman–Crippen LogP) is 1.20. The zero-order valence-corrected chi connectivity index (χ0v) is 14.3. The van der Waals surface area contributed by atoms with E-state index < -0.39 is 5.82 Å². The molecule has 1 amide bonds. The van der Waals surface area contributed by atoms with Gasteiger partial charge in [-0.1, -0.05) is 0 Å². The van der Waals surface area contributed by atoms with E-state index in [0.29, 0.717) is 25.3 Å². The highest BCUT2D eigenvalue weighted by atomic mass is 19.1. The third-order valence-corrected chi connectivity index (χ3v) is 4.35. The van der Waals surface area contributed by atoms with Crippen molar-refractivity contribution in [2.24, 2.45) is 0 Å². The van der Waals surface area contributed by atoms with Gasteiger partial charge >= 0.3 is 0 Å². The minimum absolute atomic E-state index is 0.141. The molecule has 1 saturated heterocycles. The third-order valence-electron chi connectivity index (χ3n) is 4.35. The molecule has 134 valence electrons. The second-order valence-electron chi connectivity index (χ2n) is 5.99. The Hall–Kier alpha value is -2.32. The van der Waals surface area contributed by atoms with Crippen LogP contribution in [0.3, 0.4) is 0 Å². The fraction of sp³-hybridized carbons (Fsp3) is 0.471. The van der Waals surface area contributed by atoms with E-state index in [1.807, 2.05) is 0 Å². The molecule has 0 bridgehead atoms. The summed E-state index contributed by atoms with van der Waals surface area (Å²) in [4.78, 5) is 20.6. The summed E-state index contributed by atoms with van der Waals surface area (Å²) in [7, 11) is 1.69. The lowest BCUT2D eigenvalue weighted by Crippen LogP contribution is -2.36. The van der Waals surface area contributed by atoms with Crippen molar-refractivity contribution in [2.45, 2.75) is 6.42 Å². The smallest absolute Gasteiger partial charge is 0.254 e. The summed E-state index contributed by atoms with van der Waals surface area (Å²) in [6.45, 7) is 4.59. The lowest BCUT2D eigenvalue weighted by Gasteiger charge is -2.22. The van der Waals surface area contributed by atoms with Gasteiger partial charge in [0, 0.05) is 38.9 Å². The minimum atomic E-state index is -0.493. The highest BCUT2D eigenvalue weighted by Gasteiger charge is 2.21. The maximum absolute atomic E-state index is 14.3. The monoisotopic (exact) mass is 347 g/mol. The van der Waals surface area contributed by atoms with E-state index in [1.165, 1.54) is 23.4 Å². The molecule has 1 aromatic heterocycles. The molecule has 25 heavy (non-hydrogen) atoms. The van der Waals surface area contributed by atoms with Crippen molar-refractivity contribution in [3.8, 4) is 5.69 Å². The highest BCUT2D eigenvalue weighted by Crippen LogP contribution is 2.16. The van der Waals surface area contributed by atoms with E-state index >= 15 is 0 Å². The van der Waals surface area contributed by atoms with Crippen LogP contribution < -0.4 is 0 Å². The summed E-state index contributed by atoms with van der Waals surface area (Å²) >= 11 is 0. The second kappa shape index (κ2) is 8.17. The van der Waals surface area contributed by atoms with Crippen LogP contribution in [0.15, 0.2) is 30.9 Å². The minimum Gasteiger partial charge on any atom is -0.383 e. The van der Waals surface area contributed by atoms with Gasteiger partial charge in [-0.05, 0) is 31.2 Å². The first-order chi connectivity index (χ1) is 12.2. The Morgan fingerprint density at radius 3 is 2.88 bits per heavy atom. The Bertz CT molecular complexity index is 707. The molecule has 0 N–H and O–H groups in total. The first kappa shape index (κ1) is 17.5. The zero-order chi connectivity index (χ0) is 17.6.